The molecule has 0 radical (unpaired) electrons. The van der Waals surface area contributed by atoms with Crippen molar-refractivity contribution in [1.29, 1.82) is 0 Å². The summed E-state index contributed by atoms with van der Waals surface area (Å²) in [5.41, 5.74) is 0.194. The minimum atomic E-state index is -0.579. The first-order valence-corrected chi connectivity index (χ1v) is 4.26. The summed E-state index contributed by atoms with van der Waals surface area (Å²) in [6, 6.07) is 1.48. The summed E-state index contributed by atoms with van der Waals surface area (Å²) in [4.78, 5) is 22.3. The Morgan fingerprint density at radius 2 is 2.13 bits per heavy atom. The molecule has 0 spiro atoms. The fraction of sp³-hybridized carbons (Fsp3) is 0.444. The summed E-state index contributed by atoms with van der Waals surface area (Å²) in [6.07, 6.45) is -0.309. The molecule has 0 aromatic carbocycles. The van der Waals surface area contributed by atoms with Crippen LogP contribution in [0.3, 0.4) is 0 Å². The highest BCUT2D eigenvalue weighted by Gasteiger charge is 2.16. The van der Waals surface area contributed by atoms with Gasteiger partial charge in [-0.1, -0.05) is 0 Å². The molecule has 0 N–H and O–H groups in total. The van der Waals surface area contributed by atoms with Crippen molar-refractivity contribution < 1.29 is 19.1 Å². The number of nitrogens with zero attached hydrogens (tertiary/aromatic N) is 2. The van der Waals surface area contributed by atoms with Gasteiger partial charge in [0.1, 0.15) is 12.1 Å². The fourth-order valence-electron chi connectivity index (χ4n) is 1.07. The Balaban J connectivity index is 2.78. The average Bonchev–Trinajstić information content (AvgIpc) is 2.59. The lowest BCUT2D eigenvalue weighted by atomic mass is 10.2. The first-order valence-electron chi connectivity index (χ1n) is 4.26. The molecule has 6 nitrogen and oxygen atoms in total. The molecule has 0 unspecified atom stereocenters. The third-order valence-corrected chi connectivity index (χ3v) is 1.86. The van der Waals surface area contributed by atoms with Gasteiger partial charge in [-0.05, 0) is 0 Å². The molecule has 15 heavy (non-hydrogen) atoms. The van der Waals surface area contributed by atoms with Crippen LogP contribution in [0.5, 0.6) is 5.88 Å². The molecule has 0 aliphatic rings. The van der Waals surface area contributed by atoms with Gasteiger partial charge in [0.05, 0.1) is 14.2 Å². The number of esters is 1. The van der Waals surface area contributed by atoms with E-state index in [1.165, 1.54) is 25.0 Å². The van der Waals surface area contributed by atoms with Crippen LogP contribution in [0.1, 0.15) is 16.9 Å². The first-order chi connectivity index (χ1) is 7.08. The number of ether oxygens (including phenoxy) is 2. The van der Waals surface area contributed by atoms with Crippen LogP contribution in [0.25, 0.3) is 0 Å². The molecular weight excluding hydrogens is 200 g/mol. The highest BCUT2D eigenvalue weighted by molar-refractivity contribution is 6.04. The SMILES string of the molecule is COC(=O)CC(=O)c1cc(OC)n(C)n1. The van der Waals surface area contributed by atoms with Gasteiger partial charge in [0.15, 0.2) is 5.78 Å². The van der Waals surface area contributed by atoms with Crippen molar-refractivity contribution in [3.8, 4) is 5.88 Å². The van der Waals surface area contributed by atoms with E-state index < -0.39 is 5.97 Å². The van der Waals surface area contributed by atoms with Crippen molar-refractivity contribution in [2.75, 3.05) is 14.2 Å². The lowest BCUT2D eigenvalue weighted by Crippen LogP contribution is -2.10. The molecule has 6 heteroatoms. The van der Waals surface area contributed by atoms with Crippen molar-refractivity contribution in [1.82, 2.24) is 9.78 Å². The summed E-state index contributed by atoms with van der Waals surface area (Å²) in [6.45, 7) is 0. The first kappa shape index (κ1) is 11.2. The Labute approximate surface area is 86.8 Å². The van der Waals surface area contributed by atoms with Crippen LogP contribution in [0.15, 0.2) is 6.07 Å². The van der Waals surface area contributed by atoms with Crippen molar-refractivity contribution >= 4 is 11.8 Å². The lowest BCUT2D eigenvalue weighted by molar-refractivity contribution is -0.139. The summed E-state index contributed by atoms with van der Waals surface area (Å²) >= 11 is 0. The normalized spacial score (nSPS) is 9.80. The second-order valence-corrected chi connectivity index (χ2v) is 2.87. The largest absolute Gasteiger partial charge is 0.481 e. The van der Waals surface area contributed by atoms with Crippen LogP contribution in [-0.4, -0.2) is 35.8 Å². The predicted octanol–water partition coefficient (Wildman–Crippen LogP) is 0.174. The number of hydrogen-bond donors (Lipinski definition) is 0. The maximum Gasteiger partial charge on any atom is 0.313 e. The van der Waals surface area contributed by atoms with E-state index in [2.05, 4.69) is 9.84 Å². The number of hydrogen-bond acceptors (Lipinski definition) is 5. The molecule has 0 amide bonds. The molecule has 1 aromatic rings. The number of rotatable bonds is 4. The van der Waals surface area contributed by atoms with E-state index in [0.29, 0.717) is 5.88 Å². The Bertz CT molecular complexity index is 383. The van der Waals surface area contributed by atoms with E-state index in [9.17, 15) is 9.59 Å². The van der Waals surface area contributed by atoms with Crippen LogP contribution < -0.4 is 4.74 Å². The summed E-state index contributed by atoms with van der Waals surface area (Å²) in [5.74, 6) is -0.506. The van der Waals surface area contributed by atoms with Crippen LogP contribution in [0.2, 0.25) is 0 Å². The zero-order valence-electron chi connectivity index (χ0n) is 8.81. The summed E-state index contributed by atoms with van der Waals surface area (Å²) < 4.78 is 10.7. The number of aromatic nitrogens is 2. The molecule has 82 valence electrons. The van der Waals surface area contributed by atoms with Gasteiger partial charge in [0.25, 0.3) is 0 Å². The quantitative estimate of drug-likeness (QED) is 0.404. The standard InChI is InChI=1S/C9H12N2O4/c1-11-8(14-2)4-6(10-11)7(12)5-9(13)15-3/h4H,5H2,1-3H3. The van der Waals surface area contributed by atoms with E-state index in [1.54, 1.807) is 7.05 Å². The van der Waals surface area contributed by atoms with E-state index in [0.717, 1.165) is 0 Å². The van der Waals surface area contributed by atoms with E-state index >= 15 is 0 Å². The minimum absolute atomic E-state index is 0.194. The molecule has 1 aromatic heterocycles. The maximum absolute atomic E-state index is 11.5. The third kappa shape index (κ3) is 2.55. The van der Waals surface area contributed by atoms with Gasteiger partial charge < -0.3 is 9.47 Å². The topological polar surface area (TPSA) is 70.4 Å². The number of ketones is 1. The molecule has 1 heterocycles. The van der Waals surface area contributed by atoms with Gasteiger partial charge in [-0.3, -0.25) is 9.59 Å². The molecule has 0 saturated carbocycles. The Morgan fingerprint density at radius 3 is 2.60 bits per heavy atom. The molecule has 1 rings (SSSR count). The Hall–Kier alpha value is -1.85. The van der Waals surface area contributed by atoms with E-state index in [-0.39, 0.29) is 17.9 Å². The maximum atomic E-state index is 11.5. The Kier molecular flexibility index (Phi) is 3.43. The molecule has 0 bridgehead atoms. The highest BCUT2D eigenvalue weighted by Crippen LogP contribution is 2.12. The number of methoxy groups -OCH3 is 2. The summed E-state index contributed by atoms with van der Waals surface area (Å²) in [7, 11) is 4.36. The molecule has 0 aliphatic heterocycles. The number of carbonyl (C=O) groups is 2. The van der Waals surface area contributed by atoms with Crippen LogP contribution in [0.4, 0.5) is 0 Å². The van der Waals surface area contributed by atoms with Crippen molar-refractivity contribution in [3.63, 3.8) is 0 Å². The Morgan fingerprint density at radius 1 is 1.47 bits per heavy atom. The number of Topliss-reactive ketones (excluding diaryl/α,β-unsaturated/α-hetero) is 1. The van der Waals surface area contributed by atoms with Crippen molar-refractivity contribution in [2.45, 2.75) is 6.42 Å². The van der Waals surface area contributed by atoms with Gasteiger partial charge in [-0.15, -0.1) is 0 Å². The number of aryl methyl sites for hydroxylation is 1. The molecule has 0 saturated heterocycles. The second kappa shape index (κ2) is 4.59. The smallest absolute Gasteiger partial charge is 0.313 e. The van der Waals surface area contributed by atoms with Crippen LogP contribution >= 0.6 is 0 Å². The van der Waals surface area contributed by atoms with Gasteiger partial charge in [-0.25, -0.2) is 4.68 Å². The van der Waals surface area contributed by atoms with Gasteiger partial charge in [-0.2, -0.15) is 5.10 Å². The third-order valence-electron chi connectivity index (χ3n) is 1.86. The zero-order chi connectivity index (χ0) is 11.4. The van der Waals surface area contributed by atoms with Gasteiger partial charge >= 0.3 is 5.97 Å². The monoisotopic (exact) mass is 212 g/mol. The highest BCUT2D eigenvalue weighted by atomic mass is 16.5. The summed E-state index contributed by atoms with van der Waals surface area (Å²) in [5, 5.41) is 3.90. The fourth-order valence-corrected chi connectivity index (χ4v) is 1.07. The molecular formula is C9H12N2O4. The lowest BCUT2D eigenvalue weighted by Gasteiger charge is -1.95. The zero-order valence-corrected chi connectivity index (χ0v) is 8.81. The predicted molar refractivity (Wildman–Crippen MR) is 50.7 cm³/mol. The molecule has 0 fully saturated rings. The number of carbonyl (C=O) groups excluding carboxylic acids is 2. The average molecular weight is 212 g/mol. The minimum Gasteiger partial charge on any atom is -0.481 e. The van der Waals surface area contributed by atoms with E-state index in [1.807, 2.05) is 0 Å². The van der Waals surface area contributed by atoms with Crippen molar-refractivity contribution in [2.24, 2.45) is 7.05 Å². The van der Waals surface area contributed by atoms with Crippen LogP contribution in [-0.2, 0) is 16.6 Å². The molecule has 0 atom stereocenters. The van der Waals surface area contributed by atoms with Crippen LogP contribution in [0, 0.1) is 0 Å². The van der Waals surface area contributed by atoms with E-state index in [4.69, 9.17) is 4.74 Å². The van der Waals surface area contributed by atoms with Crippen molar-refractivity contribution in [3.05, 3.63) is 11.8 Å². The second-order valence-electron chi connectivity index (χ2n) is 2.87. The molecule has 0 aliphatic carbocycles. The van der Waals surface area contributed by atoms with Gasteiger partial charge in [0.2, 0.25) is 5.88 Å². The van der Waals surface area contributed by atoms with Gasteiger partial charge in [0, 0.05) is 13.1 Å².